The Morgan fingerprint density at radius 2 is 1.83 bits per heavy atom. The van der Waals surface area contributed by atoms with Crippen molar-refractivity contribution in [2.24, 2.45) is 0 Å². The van der Waals surface area contributed by atoms with Gasteiger partial charge in [0.15, 0.2) is 0 Å². The number of nitrogens with one attached hydrogen (secondary N) is 1. The summed E-state index contributed by atoms with van der Waals surface area (Å²) in [7, 11) is -1.74. The van der Waals surface area contributed by atoms with Gasteiger partial charge in [0.05, 0.1) is 11.4 Å². The molecule has 1 saturated heterocycles. The minimum atomic E-state index is -3.47. The molecule has 0 unspecified atom stereocenters. The van der Waals surface area contributed by atoms with E-state index >= 15 is 0 Å². The first kappa shape index (κ1) is 16.4. The van der Waals surface area contributed by atoms with Crippen LogP contribution in [0.2, 0.25) is 0 Å². The summed E-state index contributed by atoms with van der Waals surface area (Å²) in [4.78, 5) is 13.9. The highest BCUT2D eigenvalue weighted by Gasteiger charge is 2.30. The number of benzene rings is 1. The first-order chi connectivity index (χ1) is 11.0. The second-order valence-corrected chi connectivity index (χ2v) is 8.04. The number of nitrogens with zero attached hydrogens (tertiary/aromatic N) is 2. The summed E-state index contributed by atoms with van der Waals surface area (Å²) in [5.41, 5.74) is 2.43. The smallest absolute Gasteiger partial charge is 0.243 e. The molecular weight excluding hydrogens is 314 g/mol. The number of aryl methyl sites for hydroxylation is 2. The van der Waals surface area contributed by atoms with Gasteiger partial charge in [0.2, 0.25) is 15.9 Å². The second kappa shape index (κ2) is 6.59. The Kier molecular flexibility index (Phi) is 4.70. The molecule has 23 heavy (non-hydrogen) atoms. The zero-order chi connectivity index (χ0) is 16.4. The van der Waals surface area contributed by atoms with E-state index in [2.05, 4.69) is 5.32 Å². The van der Waals surface area contributed by atoms with Crippen molar-refractivity contribution in [3.63, 3.8) is 0 Å². The standard InChI is InChI=1S/C16H23N3O3S/c1-17-12-16(20)18-7-9-19(10-8-18)23(21,22)15-6-5-13-3-2-4-14(13)11-15/h5-6,11,17H,2-4,7-10,12H2,1H3. The normalized spacial score (nSPS) is 18.9. The molecule has 1 aliphatic heterocycles. The van der Waals surface area contributed by atoms with Gasteiger partial charge in [-0.3, -0.25) is 4.79 Å². The van der Waals surface area contributed by atoms with Gasteiger partial charge >= 0.3 is 0 Å². The van der Waals surface area contributed by atoms with E-state index in [4.69, 9.17) is 0 Å². The quantitative estimate of drug-likeness (QED) is 0.854. The van der Waals surface area contributed by atoms with Crippen molar-refractivity contribution < 1.29 is 13.2 Å². The molecule has 1 aliphatic carbocycles. The maximum Gasteiger partial charge on any atom is 0.243 e. The number of hydrogen-bond acceptors (Lipinski definition) is 4. The molecule has 7 heteroatoms. The van der Waals surface area contributed by atoms with E-state index in [9.17, 15) is 13.2 Å². The molecule has 0 saturated carbocycles. The largest absolute Gasteiger partial charge is 0.339 e. The number of fused-ring (bicyclic) bond motifs is 1. The Balaban J connectivity index is 1.71. The van der Waals surface area contributed by atoms with Gasteiger partial charge in [-0.1, -0.05) is 6.07 Å². The van der Waals surface area contributed by atoms with Crippen molar-refractivity contribution in [3.05, 3.63) is 29.3 Å². The molecule has 3 rings (SSSR count). The first-order valence-corrected chi connectivity index (χ1v) is 9.50. The highest BCUT2D eigenvalue weighted by atomic mass is 32.2. The van der Waals surface area contributed by atoms with Gasteiger partial charge in [0, 0.05) is 26.2 Å². The van der Waals surface area contributed by atoms with E-state index in [1.54, 1.807) is 18.0 Å². The minimum Gasteiger partial charge on any atom is -0.339 e. The lowest BCUT2D eigenvalue weighted by Gasteiger charge is -2.34. The Hall–Kier alpha value is -1.44. The highest BCUT2D eigenvalue weighted by Crippen LogP contribution is 2.26. The molecule has 1 fully saturated rings. The van der Waals surface area contributed by atoms with Crippen LogP contribution < -0.4 is 5.32 Å². The molecule has 1 aromatic rings. The molecule has 1 aromatic carbocycles. The molecule has 6 nitrogen and oxygen atoms in total. The topological polar surface area (TPSA) is 69.7 Å². The molecule has 126 valence electrons. The van der Waals surface area contributed by atoms with Crippen molar-refractivity contribution in [2.75, 3.05) is 39.8 Å². The average Bonchev–Trinajstić information content (AvgIpc) is 3.03. The third kappa shape index (κ3) is 3.27. The van der Waals surface area contributed by atoms with Gasteiger partial charge in [-0.25, -0.2) is 8.42 Å². The highest BCUT2D eigenvalue weighted by molar-refractivity contribution is 7.89. The van der Waals surface area contributed by atoms with Crippen LogP contribution in [0.15, 0.2) is 23.1 Å². The van der Waals surface area contributed by atoms with Gasteiger partial charge in [-0.05, 0) is 49.6 Å². The molecule has 0 spiro atoms. The fourth-order valence-electron chi connectivity index (χ4n) is 3.30. The SMILES string of the molecule is CNCC(=O)N1CCN(S(=O)(=O)c2ccc3c(c2)CCC3)CC1. The van der Waals surface area contributed by atoms with Crippen LogP contribution in [-0.4, -0.2) is 63.3 Å². The predicted octanol–water partition coefficient (Wildman–Crippen LogP) is 0.228. The zero-order valence-corrected chi connectivity index (χ0v) is 14.2. The van der Waals surface area contributed by atoms with E-state index in [0.717, 1.165) is 24.8 Å². The third-order valence-corrected chi connectivity index (χ3v) is 6.52. The summed E-state index contributed by atoms with van der Waals surface area (Å²) in [6.07, 6.45) is 3.11. The van der Waals surface area contributed by atoms with Gasteiger partial charge in [0.25, 0.3) is 0 Å². The number of hydrogen-bond donors (Lipinski definition) is 1. The molecule has 2 aliphatic rings. The van der Waals surface area contributed by atoms with E-state index in [-0.39, 0.29) is 12.5 Å². The van der Waals surface area contributed by atoms with E-state index in [0.29, 0.717) is 31.1 Å². The number of amides is 1. The van der Waals surface area contributed by atoms with Gasteiger partial charge in [0.1, 0.15) is 0 Å². The number of piperazine rings is 1. The lowest BCUT2D eigenvalue weighted by Crippen LogP contribution is -2.52. The molecule has 1 amide bonds. The zero-order valence-electron chi connectivity index (χ0n) is 13.4. The van der Waals surface area contributed by atoms with Gasteiger partial charge in [-0.15, -0.1) is 0 Å². The van der Waals surface area contributed by atoms with Crippen LogP contribution in [0, 0.1) is 0 Å². The summed E-state index contributed by atoms with van der Waals surface area (Å²) >= 11 is 0. The Bertz CT molecular complexity index is 695. The van der Waals surface area contributed by atoms with Crippen molar-refractivity contribution >= 4 is 15.9 Å². The Labute approximate surface area is 137 Å². The molecule has 1 N–H and O–H groups in total. The lowest BCUT2D eigenvalue weighted by molar-refractivity contribution is -0.131. The molecular formula is C16H23N3O3S. The first-order valence-electron chi connectivity index (χ1n) is 8.06. The minimum absolute atomic E-state index is 0.0158. The molecule has 0 bridgehead atoms. The molecule has 0 radical (unpaired) electrons. The van der Waals surface area contributed by atoms with Gasteiger partial charge < -0.3 is 10.2 Å². The number of sulfonamides is 1. The van der Waals surface area contributed by atoms with Crippen LogP contribution in [0.1, 0.15) is 17.5 Å². The summed E-state index contributed by atoms with van der Waals surface area (Å²) in [5, 5.41) is 2.83. The Morgan fingerprint density at radius 1 is 1.13 bits per heavy atom. The van der Waals surface area contributed by atoms with Crippen LogP contribution in [0.5, 0.6) is 0 Å². The van der Waals surface area contributed by atoms with Crippen molar-refractivity contribution in [3.8, 4) is 0 Å². The van der Waals surface area contributed by atoms with Crippen LogP contribution in [0.4, 0.5) is 0 Å². The fourth-order valence-corrected chi connectivity index (χ4v) is 4.77. The number of rotatable bonds is 4. The number of carbonyl (C=O) groups excluding carboxylic acids is 1. The van der Waals surface area contributed by atoms with Crippen LogP contribution in [0.3, 0.4) is 0 Å². The number of carbonyl (C=O) groups is 1. The van der Waals surface area contributed by atoms with Crippen molar-refractivity contribution in [2.45, 2.75) is 24.2 Å². The maximum absolute atomic E-state index is 12.8. The monoisotopic (exact) mass is 337 g/mol. The summed E-state index contributed by atoms with van der Waals surface area (Å²) in [5.74, 6) is 0.0158. The molecule has 0 atom stereocenters. The summed E-state index contributed by atoms with van der Waals surface area (Å²) < 4.78 is 27.1. The fraction of sp³-hybridized carbons (Fsp3) is 0.562. The van der Waals surface area contributed by atoms with E-state index < -0.39 is 10.0 Å². The van der Waals surface area contributed by atoms with Crippen LogP contribution in [0.25, 0.3) is 0 Å². The lowest BCUT2D eigenvalue weighted by atomic mass is 10.1. The number of likely N-dealkylation sites (N-methyl/N-ethyl adjacent to an activating group) is 1. The Morgan fingerprint density at radius 3 is 2.52 bits per heavy atom. The van der Waals surface area contributed by atoms with E-state index in [1.807, 2.05) is 12.1 Å². The van der Waals surface area contributed by atoms with Crippen LogP contribution in [-0.2, 0) is 27.7 Å². The summed E-state index contributed by atoms with van der Waals surface area (Å²) in [6, 6.07) is 5.50. The third-order valence-electron chi connectivity index (χ3n) is 4.63. The average molecular weight is 337 g/mol. The molecule has 1 heterocycles. The van der Waals surface area contributed by atoms with Crippen molar-refractivity contribution in [1.29, 1.82) is 0 Å². The van der Waals surface area contributed by atoms with Crippen molar-refractivity contribution in [1.82, 2.24) is 14.5 Å². The maximum atomic E-state index is 12.8. The predicted molar refractivity (Wildman–Crippen MR) is 87.7 cm³/mol. The van der Waals surface area contributed by atoms with Crippen LogP contribution >= 0.6 is 0 Å². The molecule has 0 aromatic heterocycles. The van der Waals surface area contributed by atoms with Gasteiger partial charge in [-0.2, -0.15) is 4.31 Å². The second-order valence-electron chi connectivity index (χ2n) is 6.10. The summed E-state index contributed by atoms with van der Waals surface area (Å²) in [6.45, 7) is 1.90. The van der Waals surface area contributed by atoms with E-state index in [1.165, 1.54) is 9.87 Å².